The van der Waals surface area contributed by atoms with Crippen molar-refractivity contribution in [2.75, 3.05) is 45.2 Å². The van der Waals surface area contributed by atoms with Gasteiger partial charge in [0.05, 0.1) is 0 Å². The Morgan fingerprint density at radius 2 is 1.74 bits per heavy atom. The SMILES string of the molecule is CCCCC(=O)N1CCN(C(=O)c2cccc(N(C)C)c2)CC1. The summed E-state index contributed by atoms with van der Waals surface area (Å²) in [5, 5.41) is 0. The normalized spacial score (nSPS) is 14.7. The summed E-state index contributed by atoms with van der Waals surface area (Å²) in [6.07, 6.45) is 2.59. The van der Waals surface area contributed by atoms with Crippen LogP contribution in [0.3, 0.4) is 0 Å². The summed E-state index contributed by atoms with van der Waals surface area (Å²) in [6, 6.07) is 7.67. The van der Waals surface area contributed by atoms with E-state index in [1.165, 1.54) is 0 Å². The molecule has 23 heavy (non-hydrogen) atoms. The maximum absolute atomic E-state index is 12.6. The van der Waals surface area contributed by atoms with Gasteiger partial charge >= 0.3 is 0 Å². The first-order chi connectivity index (χ1) is 11.0. The van der Waals surface area contributed by atoms with Gasteiger partial charge in [-0.2, -0.15) is 0 Å². The smallest absolute Gasteiger partial charge is 0.254 e. The average molecular weight is 317 g/mol. The zero-order valence-electron chi connectivity index (χ0n) is 14.4. The largest absolute Gasteiger partial charge is 0.378 e. The highest BCUT2D eigenvalue weighted by Crippen LogP contribution is 2.16. The Kier molecular flexibility index (Phi) is 6.02. The first-order valence-corrected chi connectivity index (χ1v) is 8.37. The molecule has 0 atom stereocenters. The van der Waals surface area contributed by atoms with Gasteiger partial charge in [0.1, 0.15) is 0 Å². The number of carbonyl (C=O) groups excluding carboxylic acids is 2. The molecule has 1 aliphatic heterocycles. The Morgan fingerprint density at radius 1 is 1.09 bits per heavy atom. The lowest BCUT2D eigenvalue weighted by molar-refractivity contribution is -0.132. The first-order valence-electron chi connectivity index (χ1n) is 8.37. The summed E-state index contributed by atoms with van der Waals surface area (Å²) in [5.74, 6) is 0.267. The van der Waals surface area contributed by atoms with Crippen molar-refractivity contribution in [3.63, 3.8) is 0 Å². The molecule has 0 bridgehead atoms. The lowest BCUT2D eigenvalue weighted by Gasteiger charge is -2.35. The fraction of sp³-hybridized carbons (Fsp3) is 0.556. The van der Waals surface area contributed by atoms with Crippen LogP contribution in [-0.2, 0) is 4.79 Å². The van der Waals surface area contributed by atoms with E-state index in [9.17, 15) is 9.59 Å². The van der Waals surface area contributed by atoms with Gasteiger partial charge in [-0.3, -0.25) is 9.59 Å². The summed E-state index contributed by atoms with van der Waals surface area (Å²) in [5.41, 5.74) is 1.73. The molecule has 1 aliphatic rings. The van der Waals surface area contributed by atoms with Crippen LogP contribution in [0.5, 0.6) is 0 Å². The van der Waals surface area contributed by atoms with Crippen LogP contribution in [0, 0.1) is 0 Å². The van der Waals surface area contributed by atoms with Gasteiger partial charge in [-0.1, -0.05) is 19.4 Å². The molecule has 0 aliphatic carbocycles. The van der Waals surface area contributed by atoms with Crippen LogP contribution in [0.15, 0.2) is 24.3 Å². The topological polar surface area (TPSA) is 43.9 Å². The quantitative estimate of drug-likeness (QED) is 0.836. The third-order valence-corrected chi connectivity index (χ3v) is 4.27. The van der Waals surface area contributed by atoms with Crippen molar-refractivity contribution in [1.29, 1.82) is 0 Å². The minimum Gasteiger partial charge on any atom is -0.378 e. The van der Waals surface area contributed by atoms with Crippen molar-refractivity contribution in [3.8, 4) is 0 Å². The van der Waals surface area contributed by atoms with Crippen LogP contribution >= 0.6 is 0 Å². The Labute approximate surface area is 138 Å². The van der Waals surface area contributed by atoms with E-state index in [0.29, 0.717) is 38.2 Å². The van der Waals surface area contributed by atoms with Crippen LogP contribution in [0.1, 0.15) is 36.5 Å². The van der Waals surface area contributed by atoms with Crippen molar-refractivity contribution < 1.29 is 9.59 Å². The molecule has 2 amide bonds. The van der Waals surface area contributed by atoms with E-state index in [1.807, 2.05) is 53.1 Å². The Balaban J connectivity index is 1.93. The number of unbranched alkanes of at least 4 members (excludes halogenated alkanes) is 1. The Hall–Kier alpha value is -2.04. The van der Waals surface area contributed by atoms with Gasteiger partial charge in [0, 0.05) is 57.9 Å². The van der Waals surface area contributed by atoms with Crippen LogP contribution < -0.4 is 4.90 Å². The van der Waals surface area contributed by atoms with Crippen LogP contribution in [0.2, 0.25) is 0 Å². The van der Waals surface area contributed by atoms with Gasteiger partial charge in [-0.15, -0.1) is 0 Å². The second-order valence-electron chi connectivity index (χ2n) is 6.22. The molecule has 2 rings (SSSR count). The van der Waals surface area contributed by atoms with Gasteiger partial charge in [-0.05, 0) is 24.6 Å². The molecule has 0 spiro atoms. The van der Waals surface area contributed by atoms with Gasteiger partial charge in [-0.25, -0.2) is 0 Å². The molecule has 1 fully saturated rings. The minimum absolute atomic E-state index is 0.0503. The van der Waals surface area contributed by atoms with E-state index >= 15 is 0 Å². The Bertz CT molecular complexity index is 549. The molecule has 5 heteroatoms. The summed E-state index contributed by atoms with van der Waals surface area (Å²) in [6.45, 7) is 4.60. The van der Waals surface area contributed by atoms with Gasteiger partial charge in [0.25, 0.3) is 5.91 Å². The molecular weight excluding hydrogens is 290 g/mol. The second-order valence-corrected chi connectivity index (χ2v) is 6.22. The standard InChI is InChI=1S/C18H27N3O2/c1-4-5-9-17(22)20-10-12-21(13-11-20)18(23)15-7-6-8-16(14-15)19(2)3/h6-8,14H,4-5,9-13H2,1-3H3. The molecule has 1 heterocycles. The van der Waals surface area contributed by atoms with Gasteiger partial charge in [0.15, 0.2) is 0 Å². The van der Waals surface area contributed by atoms with E-state index in [2.05, 4.69) is 6.92 Å². The van der Waals surface area contributed by atoms with E-state index in [1.54, 1.807) is 0 Å². The van der Waals surface area contributed by atoms with E-state index < -0.39 is 0 Å². The number of nitrogens with zero attached hydrogens (tertiary/aromatic N) is 3. The average Bonchev–Trinajstić information content (AvgIpc) is 2.59. The van der Waals surface area contributed by atoms with E-state index in [4.69, 9.17) is 0 Å². The highest BCUT2D eigenvalue weighted by Gasteiger charge is 2.24. The third kappa shape index (κ3) is 4.47. The molecule has 1 aromatic rings. The molecule has 0 unspecified atom stereocenters. The van der Waals surface area contributed by atoms with Gasteiger partial charge < -0.3 is 14.7 Å². The molecule has 1 aromatic carbocycles. The minimum atomic E-state index is 0.0503. The fourth-order valence-corrected chi connectivity index (χ4v) is 2.74. The zero-order chi connectivity index (χ0) is 16.8. The number of hydrogen-bond donors (Lipinski definition) is 0. The number of carbonyl (C=O) groups is 2. The third-order valence-electron chi connectivity index (χ3n) is 4.27. The molecule has 0 saturated carbocycles. The van der Waals surface area contributed by atoms with Crippen molar-refractivity contribution in [2.45, 2.75) is 26.2 Å². The van der Waals surface area contributed by atoms with Crippen molar-refractivity contribution in [1.82, 2.24) is 9.80 Å². The predicted molar refractivity (Wildman–Crippen MR) is 92.8 cm³/mol. The highest BCUT2D eigenvalue weighted by molar-refractivity contribution is 5.95. The molecule has 126 valence electrons. The predicted octanol–water partition coefficient (Wildman–Crippen LogP) is 2.23. The number of hydrogen-bond acceptors (Lipinski definition) is 3. The molecule has 0 N–H and O–H groups in total. The van der Waals surface area contributed by atoms with Crippen LogP contribution in [-0.4, -0.2) is 61.9 Å². The zero-order valence-corrected chi connectivity index (χ0v) is 14.4. The fourth-order valence-electron chi connectivity index (χ4n) is 2.74. The summed E-state index contributed by atoms with van der Waals surface area (Å²) >= 11 is 0. The number of anilines is 1. The number of rotatable bonds is 5. The van der Waals surface area contributed by atoms with E-state index in [0.717, 1.165) is 18.5 Å². The summed E-state index contributed by atoms with van der Waals surface area (Å²) < 4.78 is 0. The molecule has 1 saturated heterocycles. The monoisotopic (exact) mass is 317 g/mol. The summed E-state index contributed by atoms with van der Waals surface area (Å²) in [7, 11) is 3.93. The van der Waals surface area contributed by atoms with Crippen LogP contribution in [0.4, 0.5) is 5.69 Å². The van der Waals surface area contributed by atoms with Crippen molar-refractivity contribution >= 4 is 17.5 Å². The van der Waals surface area contributed by atoms with Crippen molar-refractivity contribution in [3.05, 3.63) is 29.8 Å². The maximum Gasteiger partial charge on any atom is 0.254 e. The van der Waals surface area contributed by atoms with Gasteiger partial charge in [0.2, 0.25) is 5.91 Å². The number of piperazine rings is 1. The Morgan fingerprint density at radius 3 is 2.35 bits per heavy atom. The number of benzene rings is 1. The molecular formula is C18H27N3O2. The van der Waals surface area contributed by atoms with E-state index in [-0.39, 0.29) is 11.8 Å². The summed E-state index contributed by atoms with van der Waals surface area (Å²) in [4.78, 5) is 30.4. The maximum atomic E-state index is 12.6. The molecule has 5 nitrogen and oxygen atoms in total. The lowest BCUT2D eigenvalue weighted by Crippen LogP contribution is -2.50. The molecule has 0 aromatic heterocycles. The number of amides is 2. The second kappa shape index (κ2) is 7.99. The highest BCUT2D eigenvalue weighted by atomic mass is 16.2. The first kappa shape index (κ1) is 17.3. The molecule has 0 radical (unpaired) electrons. The van der Waals surface area contributed by atoms with Crippen molar-refractivity contribution in [2.24, 2.45) is 0 Å². The van der Waals surface area contributed by atoms with Crippen LogP contribution in [0.25, 0.3) is 0 Å². The lowest BCUT2D eigenvalue weighted by atomic mass is 10.1.